The smallest absolute Gasteiger partial charge is 0.349 e. The van der Waals surface area contributed by atoms with E-state index in [1.54, 1.807) is 12.1 Å². The summed E-state index contributed by atoms with van der Waals surface area (Å²) in [7, 11) is 2.18. The lowest BCUT2D eigenvalue weighted by atomic mass is 9.69. The van der Waals surface area contributed by atoms with E-state index < -0.39 is 36.1 Å². The number of hydrogen-bond acceptors (Lipinski definition) is 7. The second-order valence-electron chi connectivity index (χ2n) is 10.2. The summed E-state index contributed by atoms with van der Waals surface area (Å²) in [5.41, 5.74) is 4.55. The molecule has 0 saturated heterocycles. The third-order valence-electron chi connectivity index (χ3n) is 7.92. The number of rotatable bonds is 9. The summed E-state index contributed by atoms with van der Waals surface area (Å²) < 4.78 is 11.8. The van der Waals surface area contributed by atoms with E-state index in [1.807, 2.05) is 0 Å². The molecule has 0 aromatic heterocycles. The summed E-state index contributed by atoms with van der Waals surface area (Å²) in [6, 6.07) is 23.5. The fourth-order valence-corrected chi connectivity index (χ4v) is 4.95. The van der Waals surface area contributed by atoms with E-state index in [-0.39, 0.29) is 16.5 Å². The lowest BCUT2D eigenvalue weighted by Crippen LogP contribution is -2.51. The van der Waals surface area contributed by atoms with Gasteiger partial charge in [-0.25, -0.2) is 19.0 Å². The van der Waals surface area contributed by atoms with Crippen LogP contribution in [0.2, 0.25) is 0 Å². The summed E-state index contributed by atoms with van der Waals surface area (Å²) in [6.45, 7) is 9.30. The zero-order valence-electron chi connectivity index (χ0n) is 24.3. The van der Waals surface area contributed by atoms with Gasteiger partial charge in [-0.3, -0.25) is 0 Å². The molecule has 0 saturated carbocycles. The molecule has 1 aliphatic heterocycles. The number of ether oxygens (including phenoxy) is 2. The van der Waals surface area contributed by atoms with E-state index in [0.29, 0.717) is 5.92 Å². The molecule has 42 heavy (non-hydrogen) atoms. The van der Waals surface area contributed by atoms with Crippen LogP contribution in [-0.2, 0) is 24.5 Å². The minimum atomic E-state index is -2.33. The first kappa shape index (κ1) is 31.7. The van der Waals surface area contributed by atoms with Crippen molar-refractivity contribution in [1.29, 1.82) is 0 Å². The summed E-state index contributed by atoms with van der Waals surface area (Å²) in [4.78, 5) is 46.7. The number of hydrogen-bond donors (Lipinski definition) is 1. The molecule has 4 atom stereocenters. The molecule has 0 amide bonds. The number of aliphatic carboxylic acids is 2. The van der Waals surface area contributed by atoms with Crippen molar-refractivity contribution in [3.05, 3.63) is 102 Å². The Bertz CT molecular complexity index is 1400. The molecule has 9 heteroatoms. The van der Waals surface area contributed by atoms with Crippen LogP contribution in [0.25, 0.3) is 0 Å². The predicted octanol–water partition coefficient (Wildman–Crippen LogP) is 4.01. The van der Waals surface area contributed by atoms with Gasteiger partial charge in [0.25, 0.3) is 0 Å². The molecule has 0 bridgehead atoms. The number of benzene rings is 3. The van der Waals surface area contributed by atoms with Crippen molar-refractivity contribution in [2.45, 2.75) is 51.7 Å². The van der Waals surface area contributed by atoms with Crippen LogP contribution in [-0.4, -0.2) is 58.5 Å². The number of carboxylic acid groups (broad SMARTS) is 2. The first-order chi connectivity index (χ1) is 19.9. The summed E-state index contributed by atoms with van der Waals surface area (Å²) in [5.74, 6) is -5.31. The Hall–Kier alpha value is -4.79. The van der Waals surface area contributed by atoms with E-state index >= 15 is 0 Å². The SMILES string of the molecule is CC[C@H](C)[C@]1(C)C(C)=[N+](C)c2ccccc21.O=C(O[C@@H](C(=O)[O-])[C@@H](OC(=O)c1ccccc1)C(=O)O)c1ccccc1. The molecule has 0 unspecified atom stereocenters. The standard InChI is InChI=1S/C18H14O8.C15H22N/c19-15(20)13(25-17(23)11-7-3-1-4-8-11)14(16(21)22)26-18(24)12-9-5-2-6-10-12;1-6-11(2)15(4)12(3)16(5)14-10-8-7-9-13(14)15/h1-10,13-14H,(H,19,20)(H,21,22);7-11H,6H2,1-5H3/q;+1/p-1/t13-,14-;11-,15+/m10/s1. The van der Waals surface area contributed by atoms with Crippen LogP contribution in [0.1, 0.15) is 60.4 Å². The van der Waals surface area contributed by atoms with E-state index in [9.17, 15) is 29.4 Å². The van der Waals surface area contributed by atoms with Gasteiger partial charge < -0.3 is 24.5 Å². The van der Waals surface area contributed by atoms with E-state index in [4.69, 9.17) is 9.47 Å². The Morgan fingerprint density at radius 2 is 1.29 bits per heavy atom. The number of carbonyl (C=O) groups excluding carboxylic acids is 3. The van der Waals surface area contributed by atoms with Gasteiger partial charge in [0.05, 0.1) is 22.5 Å². The van der Waals surface area contributed by atoms with Gasteiger partial charge in [0, 0.05) is 18.6 Å². The molecule has 9 nitrogen and oxygen atoms in total. The molecule has 3 aromatic rings. The second-order valence-corrected chi connectivity index (χ2v) is 10.2. The number of carbonyl (C=O) groups is 4. The minimum Gasteiger partial charge on any atom is -0.546 e. The molecular formula is C33H35NO8. The van der Waals surface area contributed by atoms with Crippen molar-refractivity contribution in [1.82, 2.24) is 0 Å². The third kappa shape index (κ3) is 6.74. The average molecular weight is 574 g/mol. The maximum atomic E-state index is 12.0. The lowest BCUT2D eigenvalue weighted by Gasteiger charge is -2.28. The van der Waals surface area contributed by atoms with E-state index in [0.717, 1.165) is 0 Å². The van der Waals surface area contributed by atoms with Gasteiger partial charge in [0.1, 0.15) is 7.05 Å². The second kappa shape index (κ2) is 13.7. The van der Waals surface area contributed by atoms with E-state index in [2.05, 4.69) is 63.6 Å². The molecular weight excluding hydrogens is 538 g/mol. The largest absolute Gasteiger partial charge is 0.546 e. The van der Waals surface area contributed by atoms with Gasteiger partial charge in [-0.05, 0) is 37.1 Å². The molecule has 1 N–H and O–H groups in total. The fraction of sp³-hybridized carbons (Fsp3) is 0.303. The lowest BCUT2D eigenvalue weighted by molar-refractivity contribution is -0.403. The molecule has 4 rings (SSSR count). The Labute approximate surface area is 245 Å². The normalized spacial score (nSPS) is 17.5. The zero-order chi connectivity index (χ0) is 31.0. The number of nitrogens with zero attached hydrogens (tertiary/aromatic N) is 1. The first-order valence-electron chi connectivity index (χ1n) is 13.6. The van der Waals surface area contributed by atoms with Crippen molar-refractivity contribution < 1.29 is 43.4 Å². The highest BCUT2D eigenvalue weighted by atomic mass is 16.6. The summed E-state index contributed by atoms with van der Waals surface area (Å²) in [5, 5.41) is 20.5. The van der Waals surface area contributed by atoms with Crippen LogP contribution in [0.3, 0.4) is 0 Å². The Balaban J connectivity index is 0.000000258. The number of fused-ring (bicyclic) bond motifs is 1. The van der Waals surface area contributed by atoms with Crippen molar-refractivity contribution >= 4 is 35.3 Å². The predicted molar refractivity (Wildman–Crippen MR) is 154 cm³/mol. The summed E-state index contributed by atoms with van der Waals surface area (Å²) in [6.07, 6.45) is -3.39. The minimum absolute atomic E-state index is 0.00252. The third-order valence-corrected chi connectivity index (χ3v) is 7.92. The molecule has 0 aliphatic carbocycles. The Morgan fingerprint density at radius 3 is 1.74 bits per heavy atom. The van der Waals surface area contributed by atoms with Crippen molar-refractivity contribution in [3.63, 3.8) is 0 Å². The van der Waals surface area contributed by atoms with E-state index in [1.165, 1.54) is 71.9 Å². The molecule has 1 heterocycles. The van der Waals surface area contributed by atoms with Crippen LogP contribution in [0.15, 0.2) is 84.9 Å². The molecule has 0 fully saturated rings. The fourth-order valence-electron chi connectivity index (χ4n) is 4.95. The Kier molecular flexibility index (Phi) is 10.4. The number of carboxylic acids is 2. The van der Waals surface area contributed by atoms with Gasteiger partial charge in [-0.15, -0.1) is 0 Å². The number of para-hydroxylation sites is 1. The highest BCUT2D eigenvalue weighted by Crippen LogP contribution is 2.44. The summed E-state index contributed by atoms with van der Waals surface area (Å²) >= 11 is 0. The van der Waals surface area contributed by atoms with Crippen molar-refractivity contribution in [2.24, 2.45) is 5.92 Å². The molecule has 0 radical (unpaired) electrons. The van der Waals surface area contributed by atoms with Gasteiger partial charge in [-0.2, -0.15) is 0 Å². The van der Waals surface area contributed by atoms with Crippen LogP contribution in [0, 0.1) is 5.92 Å². The first-order valence-corrected chi connectivity index (χ1v) is 13.6. The average Bonchev–Trinajstić information content (AvgIpc) is 3.20. The monoisotopic (exact) mass is 573 g/mol. The van der Waals surface area contributed by atoms with Crippen molar-refractivity contribution in [2.75, 3.05) is 7.05 Å². The quantitative estimate of drug-likeness (QED) is 0.300. The van der Waals surface area contributed by atoms with Crippen LogP contribution >= 0.6 is 0 Å². The van der Waals surface area contributed by atoms with Crippen LogP contribution in [0.4, 0.5) is 5.69 Å². The van der Waals surface area contributed by atoms with Crippen molar-refractivity contribution in [3.8, 4) is 0 Å². The maximum absolute atomic E-state index is 12.0. The zero-order valence-corrected chi connectivity index (χ0v) is 24.3. The molecule has 3 aromatic carbocycles. The number of esters is 2. The van der Waals surface area contributed by atoms with Gasteiger partial charge >= 0.3 is 17.9 Å². The van der Waals surface area contributed by atoms with Crippen LogP contribution in [0.5, 0.6) is 0 Å². The Morgan fingerprint density at radius 1 is 0.833 bits per heavy atom. The molecule has 0 spiro atoms. The highest BCUT2D eigenvalue weighted by Gasteiger charge is 2.48. The highest BCUT2D eigenvalue weighted by molar-refractivity contribution is 5.95. The van der Waals surface area contributed by atoms with Gasteiger partial charge in [0.15, 0.2) is 11.8 Å². The molecule has 1 aliphatic rings. The molecule has 220 valence electrons. The topological polar surface area (TPSA) is 133 Å². The van der Waals surface area contributed by atoms with Crippen LogP contribution < -0.4 is 5.11 Å². The maximum Gasteiger partial charge on any atom is 0.349 e. The van der Waals surface area contributed by atoms with Gasteiger partial charge in [-0.1, -0.05) is 74.9 Å². The van der Waals surface area contributed by atoms with Gasteiger partial charge in [0.2, 0.25) is 11.8 Å².